The van der Waals surface area contributed by atoms with Gasteiger partial charge in [0.05, 0.1) is 12.0 Å². The summed E-state index contributed by atoms with van der Waals surface area (Å²) in [5, 5.41) is 0. The lowest BCUT2D eigenvalue weighted by atomic mass is 9.89. The van der Waals surface area contributed by atoms with Crippen LogP contribution in [0.5, 0.6) is 0 Å². The van der Waals surface area contributed by atoms with Crippen LogP contribution in [0, 0.1) is 23.7 Å². The lowest BCUT2D eigenvalue weighted by Crippen LogP contribution is -2.46. The van der Waals surface area contributed by atoms with Crippen molar-refractivity contribution in [1.29, 1.82) is 0 Å². The highest BCUT2D eigenvalue weighted by Crippen LogP contribution is 2.45. The number of likely N-dealkylation sites (tertiary alicyclic amines) is 1. The molecule has 5 nitrogen and oxygen atoms in total. The molecule has 4 rings (SSSR count). The summed E-state index contributed by atoms with van der Waals surface area (Å²) in [6, 6.07) is 10.3. The van der Waals surface area contributed by atoms with Crippen molar-refractivity contribution >= 4 is 12.0 Å². The van der Waals surface area contributed by atoms with Crippen LogP contribution >= 0.6 is 0 Å². The molecule has 1 saturated carbocycles. The second-order valence-corrected chi connectivity index (χ2v) is 8.38. The number of amides is 2. The van der Waals surface area contributed by atoms with Crippen LogP contribution in [0.15, 0.2) is 30.3 Å². The summed E-state index contributed by atoms with van der Waals surface area (Å²) >= 11 is 0. The first-order valence-electron chi connectivity index (χ1n) is 9.80. The number of carbonyl (C=O) groups is 2. The maximum absolute atomic E-state index is 13.3. The molecule has 2 heterocycles. The first kappa shape index (κ1) is 17.5. The minimum atomic E-state index is -0.454. The number of hydrogen-bond donors (Lipinski definition) is 0. The zero-order valence-electron chi connectivity index (χ0n) is 15.6. The molecule has 3 fully saturated rings. The number of carbonyl (C=O) groups excluding carboxylic acids is 2. The highest BCUT2D eigenvalue weighted by atomic mass is 16.6. The summed E-state index contributed by atoms with van der Waals surface area (Å²) in [7, 11) is 0. The second-order valence-electron chi connectivity index (χ2n) is 8.38. The maximum Gasteiger partial charge on any atom is 0.416 e. The Morgan fingerprint density at radius 2 is 1.92 bits per heavy atom. The minimum absolute atomic E-state index is 0.0151. The highest BCUT2D eigenvalue weighted by Gasteiger charge is 2.50. The first-order valence-corrected chi connectivity index (χ1v) is 9.80. The second kappa shape index (κ2) is 7.03. The molecule has 3 aliphatic rings. The topological polar surface area (TPSA) is 49.9 Å². The van der Waals surface area contributed by atoms with E-state index in [-0.39, 0.29) is 23.8 Å². The van der Waals surface area contributed by atoms with E-state index in [1.54, 1.807) is 0 Å². The van der Waals surface area contributed by atoms with Crippen LogP contribution in [0.3, 0.4) is 0 Å². The van der Waals surface area contributed by atoms with E-state index in [1.165, 1.54) is 23.3 Å². The normalized spacial score (nSPS) is 29.4. The van der Waals surface area contributed by atoms with Crippen LogP contribution in [0.2, 0.25) is 0 Å². The molecule has 1 aliphatic carbocycles. The van der Waals surface area contributed by atoms with Crippen molar-refractivity contribution in [2.24, 2.45) is 23.7 Å². The fraction of sp³-hybridized carbons (Fsp3) is 0.619. The predicted octanol–water partition coefficient (Wildman–Crippen LogP) is 3.15. The number of ether oxygens (including phenoxy) is 1. The van der Waals surface area contributed by atoms with Crippen LogP contribution in [0.4, 0.5) is 4.79 Å². The van der Waals surface area contributed by atoms with Gasteiger partial charge in [-0.25, -0.2) is 9.69 Å². The first-order chi connectivity index (χ1) is 12.5. The largest absolute Gasteiger partial charge is 0.447 e. The van der Waals surface area contributed by atoms with Crippen molar-refractivity contribution < 1.29 is 14.3 Å². The third-order valence-electron chi connectivity index (χ3n) is 6.15. The van der Waals surface area contributed by atoms with Gasteiger partial charge in [-0.05, 0) is 36.2 Å². The molecular formula is C21H28N2O3. The van der Waals surface area contributed by atoms with Crippen molar-refractivity contribution in [2.75, 3.05) is 19.7 Å². The number of imide groups is 1. The predicted molar refractivity (Wildman–Crippen MR) is 98.2 cm³/mol. The molecule has 2 aliphatic heterocycles. The zero-order valence-corrected chi connectivity index (χ0v) is 15.6. The van der Waals surface area contributed by atoms with Crippen molar-refractivity contribution in [2.45, 2.75) is 39.3 Å². The van der Waals surface area contributed by atoms with E-state index in [9.17, 15) is 9.59 Å². The molecule has 0 bridgehead atoms. The molecule has 0 spiro atoms. The van der Waals surface area contributed by atoms with Gasteiger partial charge in [-0.1, -0.05) is 44.2 Å². The van der Waals surface area contributed by atoms with Gasteiger partial charge < -0.3 is 4.74 Å². The Balaban J connectivity index is 1.50. The Morgan fingerprint density at radius 1 is 1.19 bits per heavy atom. The third-order valence-corrected chi connectivity index (χ3v) is 6.15. The van der Waals surface area contributed by atoms with Gasteiger partial charge in [-0.2, -0.15) is 0 Å². The lowest BCUT2D eigenvalue weighted by Gasteiger charge is -2.27. The molecule has 2 amide bonds. The Morgan fingerprint density at radius 3 is 2.58 bits per heavy atom. The average molecular weight is 356 g/mol. The smallest absolute Gasteiger partial charge is 0.416 e. The molecule has 0 unspecified atom stereocenters. The summed E-state index contributed by atoms with van der Waals surface area (Å²) in [4.78, 5) is 29.3. The maximum atomic E-state index is 13.3. The minimum Gasteiger partial charge on any atom is -0.447 e. The van der Waals surface area contributed by atoms with Gasteiger partial charge in [-0.3, -0.25) is 9.69 Å². The van der Waals surface area contributed by atoms with Crippen LogP contribution in [-0.4, -0.2) is 47.5 Å². The fourth-order valence-electron chi connectivity index (χ4n) is 4.51. The molecule has 1 aromatic rings. The third kappa shape index (κ3) is 3.37. The van der Waals surface area contributed by atoms with Crippen LogP contribution in [-0.2, 0) is 16.1 Å². The summed E-state index contributed by atoms with van der Waals surface area (Å²) in [6.07, 6.45) is 1.97. The summed E-state index contributed by atoms with van der Waals surface area (Å²) < 4.78 is 5.21. The van der Waals surface area contributed by atoms with Crippen molar-refractivity contribution in [3.63, 3.8) is 0 Å². The number of nitrogens with zero attached hydrogens (tertiary/aromatic N) is 2. The van der Waals surface area contributed by atoms with Gasteiger partial charge >= 0.3 is 6.09 Å². The zero-order chi connectivity index (χ0) is 18.3. The van der Waals surface area contributed by atoms with Gasteiger partial charge in [0.15, 0.2) is 0 Å². The molecule has 5 heteroatoms. The average Bonchev–Trinajstić information content (AvgIpc) is 3.27. The fourth-order valence-corrected chi connectivity index (χ4v) is 4.51. The molecule has 0 N–H and O–H groups in total. The van der Waals surface area contributed by atoms with Crippen molar-refractivity contribution in [3.8, 4) is 0 Å². The Hall–Kier alpha value is -1.88. The Labute approximate surface area is 155 Å². The summed E-state index contributed by atoms with van der Waals surface area (Å²) in [5.74, 6) is 1.12. The van der Waals surface area contributed by atoms with E-state index in [0.717, 1.165) is 19.6 Å². The summed E-state index contributed by atoms with van der Waals surface area (Å²) in [5.41, 5.74) is 1.27. The van der Waals surface area contributed by atoms with E-state index in [0.29, 0.717) is 18.4 Å². The van der Waals surface area contributed by atoms with Crippen LogP contribution in [0.25, 0.3) is 0 Å². The van der Waals surface area contributed by atoms with Crippen LogP contribution < -0.4 is 0 Å². The van der Waals surface area contributed by atoms with Gasteiger partial charge in [0.2, 0.25) is 5.91 Å². The van der Waals surface area contributed by atoms with E-state index >= 15 is 0 Å². The number of rotatable bonds is 5. The SMILES string of the molecule is CC(C)[C@@H]1COC(=O)N1C(=O)[C@@H]1CN(Cc2ccccc2)C[C@H]1C1CC1. The Bertz CT molecular complexity index is 671. The van der Waals surface area contributed by atoms with E-state index < -0.39 is 6.09 Å². The molecule has 0 aromatic heterocycles. The van der Waals surface area contributed by atoms with E-state index in [1.807, 2.05) is 19.9 Å². The molecule has 140 valence electrons. The molecule has 26 heavy (non-hydrogen) atoms. The Kier molecular flexibility index (Phi) is 4.74. The molecular weight excluding hydrogens is 328 g/mol. The number of benzene rings is 1. The lowest BCUT2D eigenvalue weighted by molar-refractivity contribution is -0.135. The molecule has 2 saturated heterocycles. The quantitative estimate of drug-likeness (QED) is 0.813. The summed E-state index contributed by atoms with van der Waals surface area (Å²) in [6.45, 7) is 6.97. The molecule has 1 aromatic carbocycles. The van der Waals surface area contributed by atoms with Gasteiger partial charge in [0.1, 0.15) is 6.61 Å². The number of cyclic esters (lactones) is 1. The van der Waals surface area contributed by atoms with Crippen molar-refractivity contribution in [1.82, 2.24) is 9.80 Å². The highest BCUT2D eigenvalue weighted by molar-refractivity contribution is 5.95. The standard InChI is InChI=1S/C21H28N2O3/c1-14(2)19-13-26-21(25)23(19)20(24)18-12-22(11-17(18)16-8-9-16)10-15-6-4-3-5-7-15/h3-7,14,16-19H,8-13H2,1-2H3/t17-,18+,19-/m0/s1. The molecule has 0 radical (unpaired) electrons. The molecule has 3 atom stereocenters. The van der Waals surface area contributed by atoms with Crippen LogP contribution in [0.1, 0.15) is 32.3 Å². The number of hydrogen-bond acceptors (Lipinski definition) is 4. The van der Waals surface area contributed by atoms with Crippen molar-refractivity contribution in [3.05, 3.63) is 35.9 Å². The monoisotopic (exact) mass is 356 g/mol. The van der Waals surface area contributed by atoms with E-state index in [4.69, 9.17) is 4.74 Å². The van der Waals surface area contributed by atoms with Gasteiger partial charge in [0.25, 0.3) is 0 Å². The van der Waals surface area contributed by atoms with E-state index in [2.05, 4.69) is 29.2 Å². The van der Waals surface area contributed by atoms with Gasteiger partial charge in [-0.15, -0.1) is 0 Å². The van der Waals surface area contributed by atoms with Gasteiger partial charge in [0, 0.05) is 19.6 Å².